The van der Waals surface area contributed by atoms with Gasteiger partial charge in [-0.25, -0.2) is 0 Å². The lowest BCUT2D eigenvalue weighted by Gasteiger charge is -2.24. The Hall–Kier alpha value is -0.810. The summed E-state index contributed by atoms with van der Waals surface area (Å²) in [6, 6.07) is 0.325. The number of hydrogen-bond acceptors (Lipinski definition) is 3. The van der Waals surface area contributed by atoms with E-state index in [1.807, 2.05) is 11.8 Å². The molecule has 1 aliphatic rings. The van der Waals surface area contributed by atoms with E-state index in [-0.39, 0.29) is 42.2 Å². The number of amides is 2. The van der Waals surface area contributed by atoms with Gasteiger partial charge in [0.05, 0.1) is 5.92 Å². The molecule has 0 aromatic rings. The number of rotatable bonds is 7. The highest BCUT2D eigenvalue weighted by Gasteiger charge is 2.36. The summed E-state index contributed by atoms with van der Waals surface area (Å²) < 4.78 is 0. The molecule has 118 valence electrons. The van der Waals surface area contributed by atoms with Gasteiger partial charge in [0.1, 0.15) is 0 Å². The Kier molecular flexibility index (Phi) is 8.81. The first-order valence-electron chi connectivity index (χ1n) is 7.28. The van der Waals surface area contributed by atoms with E-state index >= 15 is 0 Å². The third-order valence-electron chi connectivity index (χ3n) is 3.67. The van der Waals surface area contributed by atoms with E-state index < -0.39 is 0 Å². The van der Waals surface area contributed by atoms with Crippen molar-refractivity contribution < 1.29 is 9.59 Å². The quantitative estimate of drug-likeness (QED) is 0.744. The van der Waals surface area contributed by atoms with E-state index in [1.54, 1.807) is 0 Å². The van der Waals surface area contributed by atoms with E-state index in [0.717, 1.165) is 19.3 Å². The molecule has 5 nitrogen and oxygen atoms in total. The second-order valence-corrected chi connectivity index (χ2v) is 5.64. The molecule has 2 amide bonds. The van der Waals surface area contributed by atoms with Crippen LogP contribution < -0.4 is 11.1 Å². The van der Waals surface area contributed by atoms with Crippen LogP contribution >= 0.6 is 12.4 Å². The summed E-state index contributed by atoms with van der Waals surface area (Å²) in [7, 11) is 0. The second kappa shape index (κ2) is 9.19. The van der Waals surface area contributed by atoms with Crippen LogP contribution in [0.15, 0.2) is 0 Å². The third kappa shape index (κ3) is 5.67. The van der Waals surface area contributed by atoms with Crippen molar-refractivity contribution in [2.75, 3.05) is 13.1 Å². The fraction of sp³-hybridized carbons (Fsp3) is 0.857. The summed E-state index contributed by atoms with van der Waals surface area (Å²) in [5, 5.41) is 2.87. The number of hydrogen-bond donors (Lipinski definition) is 2. The minimum Gasteiger partial charge on any atom is -0.356 e. The molecule has 1 fully saturated rings. The van der Waals surface area contributed by atoms with Crippen molar-refractivity contribution in [3.63, 3.8) is 0 Å². The van der Waals surface area contributed by atoms with Crippen LogP contribution in [0.4, 0.5) is 0 Å². The molecule has 3 N–H and O–H groups in total. The monoisotopic (exact) mass is 305 g/mol. The Labute approximate surface area is 128 Å². The lowest BCUT2D eigenvalue weighted by molar-refractivity contribution is -0.130. The first-order chi connectivity index (χ1) is 8.95. The van der Waals surface area contributed by atoms with Gasteiger partial charge in [0, 0.05) is 31.6 Å². The lowest BCUT2D eigenvalue weighted by atomic mass is 10.1. The normalized spacial score (nSPS) is 21.3. The Balaban J connectivity index is 0.00000361. The smallest absolute Gasteiger partial charge is 0.225 e. The molecule has 1 rings (SSSR count). The molecular weight excluding hydrogens is 278 g/mol. The van der Waals surface area contributed by atoms with Crippen LogP contribution in [0.2, 0.25) is 0 Å². The van der Waals surface area contributed by atoms with E-state index in [4.69, 9.17) is 5.73 Å². The molecule has 1 aliphatic heterocycles. The molecule has 0 aliphatic carbocycles. The van der Waals surface area contributed by atoms with Crippen molar-refractivity contribution in [1.82, 2.24) is 10.2 Å². The molecule has 1 saturated heterocycles. The summed E-state index contributed by atoms with van der Waals surface area (Å²) in [6.07, 6.45) is 3.15. The zero-order valence-corrected chi connectivity index (χ0v) is 13.5. The summed E-state index contributed by atoms with van der Waals surface area (Å²) in [5.74, 6) is -0.103. The predicted octanol–water partition coefficient (Wildman–Crippen LogP) is 1.30. The Morgan fingerprint density at radius 2 is 2.10 bits per heavy atom. The zero-order chi connectivity index (χ0) is 14.4. The van der Waals surface area contributed by atoms with Crippen LogP contribution in [0.25, 0.3) is 0 Å². The fourth-order valence-corrected chi connectivity index (χ4v) is 2.47. The standard InChI is InChI=1S/C14H27N3O2.ClH/c1-4-5-11(3)17-9-12(8-13(17)18)14(19)16-7-6-10(2)15;/h10-12H,4-9,15H2,1-3H3,(H,16,19);1H. The van der Waals surface area contributed by atoms with Crippen molar-refractivity contribution >= 4 is 24.2 Å². The number of likely N-dealkylation sites (tertiary alicyclic amines) is 1. The van der Waals surface area contributed by atoms with Crippen molar-refractivity contribution in [1.29, 1.82) is 0 Å². The molecule has 0 aromatic carbocycles. The SMILES string of the molecule is CCCC(C)N1CC(C(=O)NCCC(C)N)CC1=O.Cl. The zero-order valence-electron chi connectivity index (χ0n) is 12.7. The fourth-order valence-electron chi connectivity index (χ4n) is 2.47. The molecule has 1 heterocycles. The highest BCUT2D eigenvalue weighted by atomic mass is 35.5. The van der Waals surface area contributed by atoms with Crippen LogP contribution in [-0.2, 0) is 9.59 Å². The average molecular weight is 306 g/mol. The minimum absolute atomic E-state index is 0. The summed E-state index contributed by atoms with van der Waals surface area (Å²) >= 11 is 0. The molecule has 3 unspecified atom stereocenters. The van der Waals surface area contributed by atoms with Crippen LogP contribution in [0.1, 0.15) is 46.5 Å². The van der Waals surface area contributed by atoms with Crippen molar-refractivity contribution in [2.24, 2.45) is 11.7 Å². The van der Waals surface area contributed by atoms with Gasteiger partial charge < -0.3 is 16.0 Å². The van der Waals surface area contributed by atoms with Gasteiger partial charge in [0.25, 0.3) is 0 Å². The average Bonchev–Trinajstić information content (AvgIpc) is 2.71. The highest BCUT2D eigenvalue weighted by molar-refractivity contribution is 5.89. The first-order valence-corrected chi connectivity index (χ1v) is 7.28. The molecule has 0 radical (unpaired) electrons. The second-order valence-electron chi connectivity index (χ2n) is 5.64. The number of nitrogens with zero attached hydrogens (tertiary/aromatic N) is 1. The van der Waals surface area contributed by atoms with E-state index in [0.29, 0.717) is 19.5 Å². The van der Waals surface area contributed by atoms with E-state index in [2.05, 4.69) is 19.2 Å². The predicted molar refractivity (Wildman–Crippen MR) is 82.7 cm³/mol. The summed E-state index contributed by atoms with van der Waals surface area (Å²) in [4.78, 5) is 25.7. The number of halogens is 1. The lowest BCUT2D eigenvalue weighted by Crippen LogP contribution is -2.37. The van der Waals surface area contributed by atoms with Crippen LogP contribution in [-0.4, -0.2) is 41.9 Å². The Morgan fingerprint density at radius 3 is 2.65 bits per heavy atom. The molecule has 0 bridgehead atoms. The Morgan fingerprint density at radius 1 is 1.45 bits per heavy atom. The maximum Gasteiger partial charge on any atom is 0.225 e. The Bertz CT molecular complexity index is 324. The van der Waals surface area contributed by atoms with Gasteiger partial charge >= 0.3 is 0 Å². The maximum atomic E-state index is 12.0. The minimum atomic E-state index is -0.195. The van der Waals surface area contributed by atoms with E-state index in [1.165, 1.54) is 0 Å². The van der Waals surface area contributed by atoms with Crippen molar-refractivity contribution in [2.45, 2.75) is 58.5 Å². The van der Waals surface area contributed by atoms with Crippen molar-refractivity contribution in [3.8, 4) is 0 Å². The van der Waals surface area contributed by atoms with Crippen LogP contribution in [0.5, 0.6) is 0 Å². The highest BCUT2D eigenvalue weighted by Crippen LogP contribution is 2.22. The van der Waals surface area contributed by atoms with Gasteiger partial charge in [-0.1, -0.05) is 13.3 Å². The molecule has 20 heavy (non-hydrogen) atoms. The molecule has 6 heteroatoms. The van der Waals surface area contributed by atoms with Crippen molar-refractivity contribution in [3.05, 3.63) is 0 Å². The number of carbonyl (C=O) groups is 2. The molecule has 0 spiro atoms. The van der Waals surface area contributed by atoms with Crippen LogP contribution in [0.3, 0.4) is 0 Å². The molecule has 3 atom stereocenters. The van der Waals surface area contributed by atoms with Gasteiger partial charge in [-0.15, -0.1) is 12.4 Å². The largest absolute Gasteiger partial charge is 0.356 e. The number of nitrogens with one attached hydrogen (secondary N) is 1. The van der Waals surface area contributed by atoms with Crippen LogP contribution in [0, 0.1) is 5.92 Å². The van der Waals surface area contributed by atoms with Gasteiger partial charge in [-0.2, -0.15) is 0 Å². The first kappa shape index (κ1) is 19.2. The van der Waals surface area contributed by atoms with E-state index in [9.17, 15) is 9.59 Å². The van der Waals surface area contributed by atoms with Gasteiger partial charge in [-0.05, 0) is 26.7 Å². The van der Waals surface area contributed by atoms with Gasteiger partial charge in [-0.3, -0.25) is 9.59 Å². The third-order valence-corrected chi connectivity index (χ3v) is 3.67. The molecule has 0 aromatic heterocycles. The molecular formula is C14H28ClN3O2. The summed E-state index contributed by atoms with van der Waals surface area (Å²) in [6.45, 7) is 7.22. The topological polar surface area (TPSA) is 75.4 Å². The summed E-state index contributed by atoms with van der Waals surface area (Å²) in [5.41, 5.74) is 5.64. The number of carbonyl (C=O) groups excluding carboxylic acids is 2. The maximum absolute atomic E-state index is 12.0. The number of nitrogens with two attached hydrogens (primary N) is 1. The van der Waals surface area contributed by atoms with Gasteiger partial charge in [0.15, 0.2) is 0 Å². The molecule has 0 saturated carbocycles. The van der Waals surface area contributed by atoms with Gasteiger partial charge in [0.2, 0.25) is 11.8 Å².